The first kappa shape index (κ1) is 9.68. The van der Waals surface area contributed by atoms with Gasteiger partial charge in [-0.1, -0.05) is 18.2 Å². The summed E-state index contributed by atoms with van der Waals surface area (Å²) < 4.78 is 23.8. The van der Waals surface area contributed by atoms with Crippen LogP contribution in [0.2, 0.25) is 0 Å². The van der Waals surface area contributed by atoms with Gasteiger partial charge < -0.3 is 5.73 Å². The molecule has 1 saturated carbocycles. The third kappa shape index (κ3) is 1.55. The van der Waals surface area contributed by atoms with Gasteiger partial charge in [-0.15, -0.1) is 0 Å². The monoisotopic (exact) mass is 211 g/mol. The Morgan fingerprint density at radius 2 is 1.93 bits per heavy atom. The van der Waals surface area contributed by atoms with Crippen LogP contribution in [0.5, 0.6) is 0 Å². The fraction of sp³-hybridized carbons (Fsp3) is 0.400. The standard InChI is InChI=1S/C10H13NO2S/c11-7-8-6-10(8)14(12,13)9-4-2-1-3-5-9/h1-5,8,10H,6-7,11H2/t8-,10+/m0/s1. The Hall–Kier alpha value is -0.870. The Kier molecular flexibility index (Phi) is 2.33. The van der Waals surface area contributed by atoms with Crippen molar-refractivity contribution in [2.24, 2.45) is 11.7 Å². The summed E-state index contributed by atoms with van der Waals surface area (Å²) in [6, 6.07) is 8.58. The van der Waals surface area contributed by atoms with Crippen molar-refractivity contribution in [2.75, 3.05) is 6.54 Å². The molecule has 0 aromatic heterocycles. The zero-order valence-corrected chi connectivity index (χ0v) is 8.57. The lowest BCUT2D eigenvalue weighted by atomic mass is 10.4. The number of rotatable bonds is 3. The minimum atomic E-state index is -3.11. The summed E-state index contributed by atoms with van der Waals surface area (Å²) in [5.41, 5.74) is 5.43. The van der Waals surface area contributed by atoms with Crippen LogP contribution in [-0.2, 0) is 9.84 Å². The van der Waals surface area contributed by atoms with Crippen LogP contribution in [-0.4, -0.2) is 20.2 Å². The van der Waals surface area contributed by atoms with Crippen LogP contribution in [0, 0.1) is 5.92 Å². The Labute approximate surface area is 83.9 Å². The quantitative estimate of drug-likeness (QED) is 0.804. The second kappa shape index (κ2) is 3.37. The molecule has 0 aliphatic heterocycles. The highest BCUT2D eigenvalue weighted by Crippen LogP contribution is 2.39. The molecule has 0 bridgehead atoms. The summed E-state index contributed by atoms with van der Waals surface area (Å²) >= 11 is 0. The van der Waals surface area contributed by atoms with E-state index in [-0.39, 0.29) is 11.2 Å². The number of sulfone groups is 1. The van der Waals surface area contributed by atoms with Crippen LogP contribution in [0.3, 0.4) is 0 Å². The summed E-state index contributed by atoms with van der Waals surface area (Å²) in [5.74, 6) is 0.167. The van der Waals surface area contributed by atoms with E-state index < -0.39 is 9.84 Å². The SMILES string of the molecule is NC[C@@H]1C[C@H]1S(=O)(=O)c1ccccc1. The van der Waals surface area contributed by atoms with Gasteiger partial charge in [-0.2, -0.15) is 0 Å². The first-order valence-electron chi connectivity index (χ1n) is 4.65. The summed E-state index contributed by atoms with van der Waals surface area (Å²) in [6.07, 6.45) is 0.716. The zero-order chi connectivity index (χ0) is 10.2. The van der Waals surface area contributed by atoms with Crippen molar-refractivity contribution in [2.45, 2.75) is 16.6 Å². The summed E-state index contributed by atoms with van der Waals surface area (Å²) in [7, 11) is -3.11. The van der Waals surface area contributed by atoms with E-state index in [0.717, 1.165) is 0 Å². The van der Waals surface area contributed by atoms with Gasteiger partial charge in [0.1, 0.15) is 0 Å². The molecule has 1 aromatic rings. The van der Waals surface area contributed by atoms with E-state index in [0.29, 0.717) is 17.9 Å². The van der Waals surface area contributed by atoms with Gasteiger partial charge in [-0.3, -0.25) is 0 Å². The molecule has 1 aliphatic carbocycles. The van der Waals surface area contributed by atoms with E-state index in [2.05, 4.69) is 0 Å². The van der Waals surface area contributed by atoms with Crippen LogP contribution in [0.25, 0.3) is 0 Å². The number of benzene rings is 1. The summed E-state index contributed by atoms with van der Waals surface area (Å²) in [6.45, 7) is 0.469. The Morgan fingerprint density at radius 3 is 2.43 bits per heavy atom. The maximum absolute atomic E-state index is 11.9. The largest absolute Gasteiger partial charge is 0.330 e. The molecule has 1 fully saturated rings. The van der Waals surface area contributed by atoms with Gasteiger partial charge >= 0.3 is 0 Å². The Balaban J connectivity index is 2.27. The molecule has 76 valence electrons. The molecule has 4 heteroatoms. The number of hydrogen-bond acceptors (Lipinski definition) is 3. The van der Waals surface area contributed by atoms with Crippen molar-refractivity contribution in [3.05, 3.63) is 30.3 Å². The fourth-order valence-corrected chi connectivity index (χ4v) is 3.64. The van der Waals surface area contributed by atoms with E-state index >= 15 is 0 Å². The van der Waals surface area contributed by atoms with Crippen LogP contribution in [0.15, 0.2) is 35.2 Å². The first-order valence-corrected chi connectivity index (χ1v) is 6.20. The molecule has 2 N–H and O–H groups in total. The lowest BCUT2D eigenvalue weighted by Crippen LogP contribution is -2.13. The van der Waals surface area contributed by atoms with Crippen LogP contribution in [0.1, 0.15) is 6.42 Å². The Morgan fingerprint density at radius 1 is 1.29 bits per heavy atom. The molecule has 3 nitrogen and oxygen atoms in total. The highest BCUT2D eigenvalue weighted by Gasteiger charge is 2.46. The van der Waals surface area contributed by atoms with Gasteiger partial charge in [0.15, 0.2) is 9.84 Å². The molecule has 1 aromatic carbocycles. The van der Waals surface area contributed by atoms with E-state index in [1.165, 1.54) is 0 Å². The van der Waals surface area contributed by atoms with Gasteiger partial charge in [0, 0.05) is 0 Å². The van der Waals surface area contributed by atoms with Crippen molar-refractivity contribution < 1.29 is 8.42 Å². The molecular formula is C10H13NO2S. The highest BCUT2D eigenvalue weighted by atomic mass is 32.2. The molecule has 0 radical (unpaired) electrons. The normalized spacial score (nSPS) is 26.1. The maximum Gasteiger partial charge on any atom is 0.181 e. The van der Waals surface area contributed by atoms with Crippen LogP contribution < -0.4 is 5.73 Å². The lowest BCUT2D eigenvalue weighted by Gasteiger charge is -2.02. The molecule has 0 unspecified atom stereocenters. The van der Waals surface area contributed by atoms with Crippen LogP contribution >= 0.6 is 0 Å². The highest BCUT2D eigenvalue weighted by molar-refractivity contribution is 7.92. The second-order valence-electron chi connectivity index (χ2n) is 3.63. The molecule has 2 rings (SSSR count). The number of hydrogen-bond donors (Lipinski definition) is 1. The van der Waals surface area contributed by atoms with E-state index in [4.69, 9.17) is 5.73 Å². The topological polar surface area (TPSA) is 60.2 Å². The average Bonchev–Trinajstić information content (AvgIpc) is 2.98. The van der Waals surface area contributed by atoms with Crippen molar-refractivity contribution >= 4 is 9.84 Å². The van der Waals surface area contributed by atoms with E-state index in [1.807, 2.05) is 6.07 Å². The first-order chi connectivity index (χ1) is 6.66. The second-order valence-corrected chi connectivity index (χ2v) is 5.79. The van der Waals surface area contributed by atoms with Crippen LogP contribution in [0.4, 0.5) is 0 Å². The van der Waals surface area contributed by atoms with E-state index in [1.54, 1.807) is 24.3 Å². The molecule has 1 aliphatic rings. The summed E-state index contributed by atoms with van der Waals surface area (Å²) in [4.78, 5) is 0.418. The van der Waals surface area contributed by atoms with Crippen molar-refractivity contribution in [1.29, 1.82) is 0 Å². The van der Waals surface area contributed by atoms with Gasteiger partial charge in [-0.25, -0.2) is 8.42 Å². The molecule has 2 atom stereocenters. The van der Waals surface area contributed by atoms with Gasteiger partial charge in [0.25, 0.3) is 0 Å². The minimum Gasteiger partial charge on any atom is -0.330 e. The molecule has 0 amide bonds. The van der Waals surface area contributed by atoms with Gasteiger partial charge in [0.05, 0.1) is 10.1 Å². The smallest absolute Gasteiger partial charge is 0.181 e. The fourth-order valence-electron chi connectivity index (χ4n) is 1.63. The van der Waals surface area contributed by atoms with Crippen molar-refractivity contribution in [1.82, 2.24) is 0 Å². The predicted octanol–water partition coefficient (Wildman–Crippen LogP) is 0.808. The summed E-state index contributed by atoms with van der Waals surface area (Å²) in [5, 5.41) is -0.241. The maximum atomic E-state index is 11.9. The van der Waals surface area contributed by atoms with Crippen molar-refractivity contribution in [3.8, 4) is 0 Å². The molecule has 0 spiro atoms. The van der Waals surface area contributed by atoms with Crippen molar-refractivity contribution in [3.63, 3.8) is 0 Å². The predicted molar refractivity (Wildman–Crippen MR) is 54.6 cm³/mol. The van der Waals surface area contributed by atoms with E-state index in [9.17, 15) is 8.42 Å². The lowest BCUT2D eigenvalue weighted by molar-refractivity contribution is 0.592. The zero-order valence-electron chi connectivity index (χ0n) is 7.76. The number of nitrogens with two attached hydrogens (primary N) is 1. The molecular weight excluding hydrogens is 198 g/mol. The average molecular weight is 211 g/mol. The molecule has 14 heavy (non-hydrogen) atoms. The third-order valence-corrected chi connectivity index (χ3v) is 4.93. The Bertz CT molecular complexity index is 413. The molecule has 0 saturated heterocycles. The third-order valence-electron chi connectivity index (χ3n) is 2.63. The van der Waals surface area contributed by atoms with Gasteiger partial charge in [0.2, 0.25) is 0 Å². The van der Waals surface area contributed by atoms with Gasteiger partial charge in [-0.05, 0) is 31.0 Å². The molecule has 0 heterocycles. The minimum absolute atomic E-state index is 0.167.